The zero-order valence-corrected chi connectivity index (χ0v) is 95.0. The van der Waals surface area contributed by atoms with Crippen molar-refractivity contribution in [3.05, 3.63) is 299 Å². The highest BCUT2D eigenvalue weighted by Gasteiger charge is 2.37. The van der Waals surface area contributed by atoms with Crippen LogP contribution in [0.2, 0.25) is 48.4 Å². The predicted octanol–water partition coefficient (Wildman–Crippen LogP) is 31.0. The Hall–Kier alpha value is -10.5. The highest BCUT2D eigenvalue weighted by atomic mass is 32.2. The summed E-state index contributed by atoms with van der Waals surface area (Å²) in [5.41, 5.74) is 6.20. The zero-order chi connectivity index (χ0) is 108. The van der Waals surface area contributed by atoms with Crippen LogP contribution in [0.15, 0.2) is 262 Å². The SMILES string of the molecule is C=C/C(=C\C)OCCCCCCCCOc1ccc(C(C)(C)c2ccc(Oc3ccc(S(=O)(=O)c4ccc(Oc5ccc(C(C)(C)c6ccc(Oc7ccc(S(=O)(=O)c8ccc(OC)cc8)cc7)c(CCC[Si](CC)(CC)CC)c6)cc5CCC[Si](CC)(CC)CC)cc4)cc3)c(CCC(CC(C)(C)C(=O)O)c3cccc(OCCCS(=O)(=O)O)c3)c2)cc1CCC(CC(C)(C)C(=O)O)c1cccc(OCCCSOOO)c1. The third-order valence-corrected chi connectivity index (χ3v) is 47.1. The molecule has 0 amide bonds. The van der Waals surface area contributed by atoms with Gasteiger partial charge >= 0.3 is 11.9 Å². The quantitative estimate of drug-likeness (QED) is 0.00402. The fourth-order valence-electron chi connectivity index (χ4n) is 19.7. The molecule has 0 saturated heterocycles. The summed E-state index contributed by atoms with van der Waals surface area (Å²) in [6, 6.07) is 76.2. The monoisotopic (exact) mass is 2130 g/mol. The smallest absolute Gasteiger partial charge is 0.309 e. The molecule has 28 heteroatoms. The summed E-state index contributed by atoms with van der Waals surface area (Å²) in [7, 11) is -13.6. The first-order valence-electron chi connectivity index (χ1n) is 52.6. The van der Waals surface area contributed by atoms with Gasteiger partial charge < -0.3 is 48.1 Å². The second-order valence-corrected chi connectivity index (χ2v) is 59.0. The van der Waals surface area contributed by atoms with Gasteiger partial charge in [-0.15, -0.1) is 4.33 Å². The van der Waals surface area contributed by atoms with Gasteiger partial charge in [0.05, 0.1) is 85.8 Å². The maximum Gasteiger partial charge on any atom is 0.309 e. The number of ether oxygens (including phenoxy) is 8. The largest absolute Gasteiger partial charge is 0.497 e. The lowest BCUT2D eigenvalue weighted by Crippen LogP contribution is -2.31. The van der Waals surface area contributed by atoms with Gasteiger partial charge in [0.25, 0.3) is 10.1 Å². The molecule has 0 bridgehead atoms. The van der Waals surface area contributed by atoms with Crippen molar-refractivity contribution in [1.82, 2.24) is 0 Å². The number of allylic oxidation sites excluding steroid dienone is 2. The number of rotatable bonds is 67. The molecule has 0 saturated carbocycles. The summed E-state index contributed by atoms with van der Waals surface area (Å²) in [6.45, 7) is 37.0. The van der Waals surface area contributed by atoms with Crippen LogP contribution in [0.25, 0.3) is 0 Å². The third-order valence-electron chi connectivity index (χ3n) is 30.3. The molecule has 10 aromatic carbocycles. The first kappa shape index (κ1) is 119. The van der Waals surface area contributed by atoms with Gasteiger partial charge in [-0.05, 0) is 337 Å². The minimum Gasteiger partial charge on any atom is -0.497 e. The van der Waals surface area contributed by atoms with Crippen LogP contribution in [0.1, 0.15) is 261 Å². The van der Waals surface area contributed by atoms with Gasteiger partial charge in [-0.2, -0.15) is 8.42 Å². The van der Waals surface area contributed by atoms with E-state index >= 15 is 0 Å². The molecule has 0 spiro atoms. The Morgan fingerprint density at radius 3 is 1.10 bits per heavy atom. The first-order valence-corrected chi connectivity index (χ1v) is 63.7. The Morgan fingerprint density at radius 2 is 0.750 bits per heavy atom. The van der Waals surface area contributed by atoms with Crippen molar-refractivity contribution in [1.29, 1.82) is 0 Å². The second-order valence-electron chi connectivity index (χ2n) is 41.5. The number of unbranched alkanes of at least 4 members (excludes halogenated alkanes) is 5. The van der Waals surface area contributed by atoms with E-state index in [0.717, 1.165) is 149 Å². The molecule has 0 fully saturated rings. The van der Waals surface area contributed by atoms with E-state index in [4.69, 9.17) is 43.2 Å². The topological polar surface area (TPSA) is 310 Å². The van der Waals surface area contributed by atoms with Gasteiger partial charge in [0.1, 0.15) is 63.3 Å². The number of aryl methyl sites for hydroxylation is 4. The van der Waals surface area contributed by atoms with E-state index in [1.54, 1.807) is 132 Å². The van der Waals surface area contributed by atoms with Crippen molar-refractivity contribution in [2.24, 2.45) is 10.8 Å². The van der Waals surface area contributed by atoms with Crippen molar-refractivity contribution in [3.8, 4) is 57.5 Å². The maximum absolute atomic E-state index is 15.0. The van der Waals surface area contributed by atoms with Crippen LogP contribution in [-0.2, 0) is 90.0 Å². The number of benzene rings is 10. The Balaban J connectivity index is 0.952. The summed E-state index contributed by atoms with van der Waals surface area (Å²) >= 11 is 0.950. The van der Waals surface area contributed by atoms with Crippen LogP contribution in [-0.4, -0.2) is 118 Å². The number of hydrogen-bond donors (Lipinski definition) is 4. The van der Waals surface area contributed by atoms with Gasteiger partial charge in [0.2, 0.25) is 19.7 Å². The van der Waals surface area contributed by atoms with Crippen LogP contribution in [0.3, 0.4) is 0 Å². The van der Waals surface area contributed by atoms with E-state index < -0.39 is 85.3 Å². The Kier molecular flexibility index (Phi) is 45.2. The summed E-state index contributed by atoms with van der Waals surface area (Å²) in [6.07, 6.45) is 16.1. The van der Waals surface area contributed by atoms with Gasteiger partial charge in [-0.1, -0.05) is 241 Å². The highest BCUT2D eigenvalue weighted by molar-refractivity contribution is 7.94. The predicted molar refractivity (Wildman–Crippen MR) is 598 cm³/mol. The number of methoxy groups -OCH3 is 1. The lowest BCUT2D eigenvalue weighted by Gasteiger charge is -2.30. The van der Waals surface area contributed by atoms with Crippen LogP contribution < -0.4 is 33.2 Å². The van der Waals surface area contributed by atoms with E-state index in [9.17, 15) is 49.6 Å². The highest BCUT2D eigenvalue weighted by Crippen LogP contribution is 2.47. The standard InChI is InChI=1S/C120H158O22S4Si2/c1-18-100(19-2)134-72-30-28-26-27-29-31-73-137-111-68-48-96(82-92(111)44-46-94(86-117(9,10)115(121)122)88-38-32-42-105(84-88)135-74-36-76-143-142-141-125)119(13,14)99-51-71-114(93(83-99)45-47-95(87-118(11,12)116(123)124)89-39-33-43-106(85-89)136-75-37-77-144(126,127)128)140-104-58-66-110(67-59-104)146(131,132)109-64-56-103(57-65-109)139-113-70-50-98(81-91(113)41-35-79-148(23-6,24-7)25-8)120(15,16)97-49-69-112(90(80-97)40-34-78-147(20-3,21-4)22-5)138-102-54-62-108(63-55-102)145(129,130)107-60-52-101(133-17)53-61-107/h18-19,32-33,38-39,42-43,48-71,80-85,94-95,125H,1,20-31,34-37,40-41,44-47,72-79,86-87H2,2-17H3,(H,121,122)(H,123,124)(H,126,127,128)/b100-19+. The van der Waals surface area contributed by atoms with Crippen molar-refractivity contribution in [2.45, 2.75) is 310 Å². The Bertz CT molecular complexity index is 6320. The molecule has 148 heavy (non-hydrogen) atoms. The average molecular weight is 2140 g/mol. The minimum atomic E-state index is -4.23. The number of carboxylic acid groups (broad SMARTS) is 2. The van der Waals surface area contributed by atoms with Crippen LogP contribution in [0, 0.1) is 10.8 Å². The molecule has 0 aromatic heterocycles. The molecule has 802 valence electrons. The molecule has 2 atom stereocenters. The van der Waals surface area contributed by atoms with Gasteiger partial charge in [-0.3, -0.25) is 14.1 Å². The molecule has 22 nitrogen and oxygen atoms in total. The summed E-state index contributed by atoms with van der Waals surface area (Å²) in [5, 5.41) is 33.7. The number of carbonyl (C=O) groups is 2. The lowest BCUT2D eigenvalue weighted by molar-refractivity contribution is -0.432. The summed E-state index contributed by atoms with van der Waals surface area (Å²) in [4.78, 5) is 26.6. The van der Waals surface area contributed by atoms with E-state index in [2.05, 4.69) is 140 Å². The number of carboxylic acids is 2. The van der Waals surface area contributed by atoms with E-state index in [1.807, 2.05) is 73.7 Å². The number of aliphatic carboxylic acids is 2. The average Bonchev–Trinajstić information content (AvgIpc) is 0.789. The summed E-state index contributed by atoms with van der Waals surface area (Å²) < 4.78 is 146. The molecule has 0 aliphatic carbocycles. The Morgan fingerprint density at radius 1 is 0.405 bits per heavy atom. The van der Waals surface area contributed by atoms with Crippen LogP contribution in [0.4, 0.5) is 0 Å². The molecule has 4 N–H and O–H groups in total. The lowest BCUT2D eigenvalue weighted by atomic mass is 9.75. The van der Waals surface area contributed by atoms with Crippen LogP contribution in [0.5, 0.6) is 57.5 Å². The molecule has 0 heterocycles. The van der Waals surface area contributed by atoms with Crippen molar-refractivity contribution < 1.29 is 102 Å². The molecular formula is C120H158O22S4Si2. The molecule has 0 aliphatic rings. The fraction of sp³-hybridized carbons (Fsp3) is 0.450. The fourth-order valence-corrected chi connectivity index (χ4v) is 30.0. The molecule has 0 aliphatic heterocycles. The first-order chi connectivity index (χ1) is 70.6. The maximum atomic E-state index is 15.0. The molecule has 0 radical (unpaired) electrons. The Labute approximate surface area is 887 Å². The van der Waals surface area contributed by atoms with Crippen LogP contribution >= 0.6 is 12.0 Å². The van der Waals surface area contributed by atoms with Gasteiger partial charge in [0, 0.05) is 28.6 Å². The van der Waals surface area contributed by atoms with Crippen molar-refractivity contribution in [2.75, 3.05) is 45.0 Å². The van der Waals surface area contributed by atoms with E-state index in [1.165, 1.54) is 60.5 Å². The van der Waals surface area contributed by atoms with Crippen molar-refractivity contribution in [3.63, 3.8) is 0 Å². The van der Waals surface area contributed by atoms with E-state index in [0.29, 0.717) is 110 Å². The third kappa shape index (κ3) is 34.0. The number of sulfone groups is 2. The van der Waals surface area contributed by atoms with E-state index in [-0.39, 0.29) is 50.9 Å². The summed E-state index contributed by atoms with van der Waals surface area (Å²) in [5.74, 6) is 3.92. The molecule has 2 unspecified atom stereocenters. The van der Waals surface area contributed by atoms with Gasteiger partial charge in [0.15, 0.2) is 0 Å². The van der Waals surface area contributed by atoms with Gasteiger partial charge in [-0.25, -0.2) is 22.1 Å². The van der Waals surface area contributed by atoms with Crippen molar-refractivity contribution >= 4 is 69.9 Å². The zero-order valence-electron chi connectivity index (χ0n) is 89.7. The normalized spacial score (nSPS) is 12.9. The molecule has 10 aromatic rings. The second kappa shape index (κ2) is 56.0. The molecular weight excluding hydrogens is 1980 g/mol. The number of hydrogen-bond acceptors (Lipinski definition) is 20. The molecule has 10 rings (SSSR count). The minimum absolute atomic E-state index is 0.00105.